The molecule has 1 aliphatic heterocycles. The van der Waals surface area contributed by atoms with E-state index in [4.69, 9.17) is 0 Å². The molecule has 11 heteroatoms. The first-order chi connectivity index (χ1) is 21.7. The molecule has 1 fully saturated rings. The minimum absolute atomic E-state index is 0.00100. The summed E-state index contributed by atoms with van der Waals surface area (Å²) in [6.45, 7) is 1.41. The van der Waals surface area contributed by atoms with Crippen LogP contribution < -0.4 is 20.9 Å². The van der Waals surface area contributed by atoms with Gasteiger partial charge in [-0.2, -0.15) is 0 Å². The molecule has 0 aromatic heterocycles. The highest BCUT2D eigenvalue weighted by molar-refractivity contribution is 14.1. The Bertz CT molecular complexity index is 1790. The lowest BCUT2D eigenvalue weighted by atomic mass is 10.1. The van der Waals surface area contributed by atoms with Crippen LogP contribution in [-0.4, -0.2) is 34.8 Å². The molecule has 226 valence electrons. The monoisotopic (exact) mass is 730 g/mol. The fourth-order valence-electron chi connectivity index (χ4n) is 4.54. The fourth-order valence-corrected chi connectivity index (χ4v) is 6.01. The van der Waals surface area contributed by atoms with Gasteiger partial charge >= 0.3 is 0 Å². The smallest absolute Gasteiger partial charge is 0.272 e. The molecule has 45 heavy (non-hydrogen) atoms. The third kappa shape index (κ3) is 8.25. The molecule has 4 aromatic rings. The molecule has 1 saturated heterocycles. The second-order valence-corrected chi connectivity index (χ2v) is 12.5. The van der Waals surface area contributed by atoms with Crippen molar-refractivity contribution in [3.8, 4) is 0 Å². The van der Waals surface area contributed by atoms with Gasteiger partial charge in [-0.15, -0.1) is 11.8 Å². The highest BCUT2D eigenvalue weighted by Gasteiger charge is 2.40. The molecule has 1 heterocycles. The van der Waals surface area contributed by atoms with Gasteiger partial charge in [0.1, 0.15) is 5.70 Å². The standard InChI is InChI=1S/C34H27IN4O5S/c1-21(40)36-25-14-10-22(11-15-25)18-29(38-32(42)23-6-3-2-4-7-23)33(43)37-26-8-5-9-28(19-26)45-30-20-31(41)39(34(30)44)27-16-12-24(35)13-17-27/h2-19,30H,20H2,1H3,(H,36,40)(H,37,43)(H,38,42)/b29-18-/t30-/m1/s1. The SMILES string of the molecule is CC(=O)Nc1ccc(/C=C(\NC(=O)c2ccccc2)C(=O)Nc2cccc(S[C@@H]3CC(=O)N(c4ccc(I)cc4)C3=O)c2)cc1. The number of carbonyl (C=O) groups excluding carboxylic acids is 5. The highest BCUT2D eigenvalue weighted by Crippen LogP contribution is 2.35. The zero-order valence-electron chi connectivity index (χ0n) is 24.0. The lowest BCUT2D eigenvalue weighted by Crippen LogP contribution is -2.31. The van der Waals surface area contributed by atoms with Gasteiger partial charge in [-0.3, -0.25) is 24.0 Å². The molecule has 0 aliphatic carbocycles. The first-order valence-corrected chi connectivity index (χ1v) is 15.8. The van der Waals surface area contributed by atoms with Crippen LogP contribution in [0.25, 0.3) is 6.08 Å². The number of imide groups is 1. The van der Waals surface area contributed by atoms with E-state index in [9.17, 15) is 24.0 Å². The molecule has 0 saturated carbocycles. The van der Waals surface area contributed by atoms with Gasteiger partial charge in [-0.05, 0) is 101 Å². The Morgan fingerprint density at radius 3 is 2.24 bits per heavy atom. The minimum atomic E-state index is -0.608. The number of hydrogen-bond donors (Lipinski definition) is 3. The molecule has 1 aliphatic rings. The Balaban J connectivity index is 1.33. The van der Waals surface area contributed by atoms with E-state index in [1.807, 2.05) is 12.1 Å². The van der Waals surface area contributed by atoms with Crippen molar-refractivity contribution in [1.29, 1.82) is 0 Å². The number of rotatable bonds is 9. The van der Waals surface area contributed by atoms with Crippen molar-refractivity contribution >= 4 is 87.0 Å². The number of nitrogens with zero attached hydrogens (tertiary/aromatic N) is 1. The summed E-state index contributed by atoms with van der Waals surface area (Å²) in [5.74, 6) is -1.79. The number of benzene rings is 4. The van der Waals surface area contributed by atoms with Gasteiger partial charge < -0.3 is 16.0 Å². The number of halogens is 1. The quantitative estimate of drug-likeness (QED) is 0.109. The average Bonchev–Trinajstić information content (AvgIpc) is 3.30. The van der Waals surface area contributed by atoms with Crippen LogP contribution in [0.5, 0.6) is 0 Å². The summed E-state index contributed by atoms with van der Waals surface area (Å²) in [6, 6.07) is 29.5. The van der Waals surface area contributed by atoms with Crippen molar-refractivity contribution in [2.45, 2.75) is 23.5 Å². The van der Waals surface area contributed by atoms with Crippen LogP contribution in [0, 0.1) is 3.57 Å². The van der Waals surface area contributed by atoms with Crippen LogP contribution in [0.2, 0.25) is 0 Å². The zero-order valence-corrected chi connectivity index (χ0v) is 26.9. The summed E-state index contributed by atoms with van der Waals surface area (Å²) < 4.78 is 0.998. The fraction of sp³-hybridized carbons (Fsp3) is 0.0882. The van der Waals surface area contributed by atoms with Crippen molar-refractivity contribution in [1.82, 2.24) is 5.32 Å². The zero-order chi connectivity index (χ0) is 31.9. The van der Waals surface area contributed by atoms with Crippen molar-refractivity contribution in [2.75, 3.05) is 15.5 Å². The maximum absolute atomic E-state index is 13.5. The molecule has 3 N–H and O–H groups in total. The lowest BCUT2D eigenvalue weighted by molar-refractivity contribution is -0.121. The van der Waals surface area contributed by atoms with E-state index in [1.54, 1.807) is 91.0 Å². The molecule has 0 radical (unpaired) electrons. The molecule has 0 spiro atoms. The summed E-state index contributed by atoms with van der Waals surface area (Å²) >= 11 is 3.41. The van der Waals surface area contributed by atoms with Crippen molar-refractivity contribution in [2.24, 2.45) is 0 Å². The third-order valence-electron chi connectivity index (χ3n) is 6.63. The molecule has 4 aromatic carbocycles. The maximum atomic E-state index is 13.5. The average molecular weight is 731 g/mol. The van der Waals surface area contributed by atoms with Crippen molar-refractivity contribution < 1.29 is 24.0 Å². The molecule has 9 nitrogen and oxygen atoms in total. The van der Waals surface area contributed by atoms with Crippen LogP contribution in [0.3, 0.4) is 0 Å². The van der Waals surface area contributed by atoms with Crippen LogP contribution in [0.4, 0.5) is 17.1 Å². The molecule has 5 amide bonds. The number of hydrogen-bond acceptors (Lipinski definition) is 6. The van der Waals surface area contributed by atoms with Crippen LogP contribution in [0.1, 0.15) is 29.3 Å². The Morgan fingerprint density at radius 2 is 1.56 bits per heavy atom. The van der Waals surface area contributed by atoms with Crippen LogP contribution in [-0.2, 0) is 19.2 Å². The summed E-state index contributed by atoms with van der Waals surface area (Å²) in [6.07, 6.45) is 1.60. The Morgan fingerprint density at radius 1 is 0.844 bits per heavy atom. The van der Waals surface area contributed by atoms with Gasteiger partial charge in [0.25, 0.3) is 11.8 Å². The number of nitrogens with one attached hydrogen (secondary N) is 3. The second-order valence-electron chi connectivity index (χ2n) is 10.0. The van der Waals surface area contributed by atoms with Crippen LogP contribution >= 0.6 is 34.4 Å². The molecule has 0 unspecified atom stereocenters. The molecular formula is C34H27IN4O5S. The van der Waals surface area contributed by atoms with Gasteiger partial charge in [-0.1, -0.05) is 36.4 Å². The van der Waals surface area contributed by atoms with Gasteiger partial charge in [-0.25, -0.2) is 4.90 Å². The number of anilines is 3. The van der Waals surface area contributed by atoms with E-state index in [1.165, 1.54) is 29.7 Å². The Hall–Kier alpha value is -4.75. The maximum Gasteiger partial charge on any atom is 0.272 e. The third-order valence-corrected chi connectivity index (χ3v) is 8.53. The summed E-state index contributed by atoms with van der Waals surface area (Å²) in [7, 11) is 0. The van der Waals surface area contributed by atoms with Gasteiger partial charge in [0.15, 0.2) is 0 Å². The first-order valence-electron chi connectivity index (χ1n) is 13.8. The van der Waals surface area contributed by atoms with E-state index in [0.29, 0.717) is 33.1 Å². The first kappa shape index (κ1) is 31.7. The largest absolute Gasteiger partial charge is 0.326 e. The summed E-state index contributed by atoms with van der Waals surface area (Å²) in [5, 5.41) is 7.61. The van der Waals surface area contributed by atoms with Gasteiger partial charge in [0.05, 0.1) is 10.9 Å². The highest BCUT2D eigenvalue weighted by atomic mass is 127. The molecular weight excluding hydrogens is 703 g/mol. The number of thioether (sulfide) groups is 1. The Kier molecular flexibility index (Phi) is 10.1. The summed E-state index contributed by atoms with van der Waals surface area (Å²) in [5.41, 5.74) is 2.57. The van der Waals surface area contributed by atoms with E-state index >= 15 is 0 Å². The van der Waals surface area contributed by atoms with Gasteiger partial charge in [0.2, 0.25) is 17.7 Å². The van der Waals surface area contributed by atoms with E-state index < -0.39 is 17.1 Å². The number of carbonyl (C=O) groups is 5. The van der Waals surface area contributed by atoms with Crippen molar-refractivity contribution in [3.05, 3.63) is 124 Å². The van der Waals surface area contributed by atoms with E-state index in [-0.39, 0.29) is 29.8 Å². The van der Waals surface area contributed by atoms with Crippen LogP contribution in [0.15, 0.2) is 114 Å². The summed E-state index contributed by atoms with van der Waals surface area (Å²) in [4.78, 5) is 65.7. The molecule has 0 bridgehead atoms. The predicted molar refractivity (Wildman–Crippen MR) is 184 cm³/mol. The lowest BCUT2D eigenvalue weighted by Gasteiger charge is -2.15. The minimum Gasteiger partial charge on any atom is -0.326 e. The topological polar surface area (TPSA) is 125 Å². The molecule has 5 rings (SSSR count). The predicted octanol–water partition coefficient (Wildman–Crippen LogP) is 6.08. The molecule has 1 atom stereocenters. The second kappa shape index (κ2) is 14.4. The van der Waals surface area contributed by atoms with E-state index in [2.05, 4.69) is 38.5 Å². The Labute approximate surface area is 277 Å². The van der Waals surface area contributed by atoms with Gasteiger partial charge in [0, 0.05) is 38.7 Å². The number of amides is 5. The van der Waals surface area contributed by atoms with E-state index in [0.717, 1.165) is 3.57 Å². The normalized spacial score (nSPS) is 14.7. The van der Waals surface area contributed by atoms with Crippen molar-refractivity contribution in [3.63, 3.8) is 0 Å².